The molecule has 19 heavy (non-hydrogen) atoms. The van der Waals surface area contributed by atoms with Crippen LogP contribution in [0.3, 0.4) is 0 Å². The molecule has 3 heteroatoms. The van der Waals surface area contributed by atoms with E-state index in [-0.39, 0.29) is 17.9 Å². The van der Waals surface area contributed by atoms with Crippen molar-refractivity contribution in [2.45, 2.75) is 52.2 Å². The van der Waals surface area contributed by atoms with Crippen LogP contribution in [0.15, 0.2) is 24.3 Å². The number of rotatable bonds is 6. The minimum atomic E-state index is -0.198. The van der Waals surface area contributed by atoms with Crippen LogP contribution in [-0.4, -0.2) is 24.0 Å². The van der Waals surface area contributed by atoms with Gasteiger partial charge in [0.05, 0.1) is 0 Å². The molecule has 2 nitrogen and oxygen atoms in total. The molecule has 0 aliphatic carbocycles. The molecule has 0 heterocycles. The van der Waals surface area contributed by atoms with Crippen molar-refractivity contribution in [2.75, 3.05) is 7.05 Å². The molecule has 3 atom stereocenters. The zero-order valence-electron chi connectivity index (χ0n) is 12.7. The molecule has 0 aromatic heterocycles. The Bertz CT molecular complexity index is 392. The Balaban J connectivity index is 3.08. The number of likely N-dealkylation sites (N-methyl/N-ethyl adjacent to an activating group) is 1. The first-order chi connectivity index (χ1) is 8.88. The number of hydrogen-bond acceptors (Lipinski definition) is 2. The van der Waals surface area contributed by atoms with Gasteiger partial charge < -0.3 is 5.73 Å². The zero-order chi connectivity index (χ0) is 14.6. The highest BCUT2D eigenvalue weighted by Crippen LogP contribution is 2.28. The van der Waals surface area contributed by atoms with Crippen molar-refractivity contribution in [3.8, 4) is 0 Å². The Hall–Kier alpha value is -0.930. The van der Waals surface area contributed by atoms with E-state index in [1.807, 2.05) is 6.07 Å². The second-order valence-corrected chi connectivity index (χ2v) is 5.72. The monoisotopic (exact) mass is 266 g/mol. The van der Waals surface area contributed by atoms with Gasteiger partial charge in [0.1, 0.15) is 5.82 Å². The summed E-state index contributed by atoms with van der Waals surface area (Å²) in [6.07, 6.45) is 0.871. The molecule has 0 fully saturated rings. The lowest BCUT2D eigenvalue weighted by atomic mass is 9.93. The zero-order valence-corrected chi connectivity index (χ0v) is 12.7. The summed E-state index contributed by atoms with van der Waals surface area (Å²) >= 11 is 0. The second kappa shape index (κ2) is 7.01. The third kappa shape index (κ3) is 4.02. The van der Waals surface area contributed by atoms with E-state index in [1.165, 1.54) is 6.07 Å². The highest BCUT2D eigenvalue weighted by atomic mass is 19.1. The molecule has 1 rings (SSSR count). The molecule has 0 amide bonds. The molecule has 0 aliphatic rings. The Morgan fingerprint density at radius 1 is 1.26 bits per heavy atom. The van der Waals surface area contributed by atoms with Gasteiger partial charge in [0, 0.05) is 18.1 Å². The molecule has 1 aromatic carbocycles. The van der Waals surface area contributed by atoms with Crippen LogP contribution in [-0.2, 0) is 0 Å². The van der Waals surface area contributed by atoms with Crippen molar-refractivity contribution in [2.24, 2.45) is 11.7 Å². The van der Waals surface area contributed by atoms with Crippen LogP contribution in [0.25, 0.3) is 0 Å². The maximum atomic E-state index is 13.5. The SMILES string of the molecule is CCC(N)C(c1cccc(F)c1)N(C)C(C)C(C)C. The summed E-state index contributed by atoms with van der Waals surface area (Å²) in [5.74, 6) is 0.335. The second-order valence-electron chi connectivity index (χ2n) is 5.72. The van der Waals surface area contributed by atoms with Crippen LogP contribution in [0.1, 0.15) is 45.7 Å². The van der Waals surface area contributed by atoms with Gasteiger partial charge in [-0.15, -0.1) is 0 Å². The first-order valence-electron chi connectivity index (χ1n) is 7.11. The van der Waals surface area contributed by atoms with Gasteiger partial charge in [-0.1, -0.05) is 32.9 Å². The molecule has 0 spiro atoms. The van der Waals surface area contributed by atoms with Crippen LogP contribution in [0.4, 0.5) is 4.39 Å². The van der Waals surface area contributed by atoms with Crippen molar-refractivity contribution in [1.29, 1.82) is 0 Å². The van der Waals surface area contributed by atoms with Crippen LogP contribution >= 0.6 is 0 Å². The summed E-state index contributed by atoms with van der Waals surface area (Å²) in [5, 5.41) is 0. The number of hydrogen-bond donors (Lipinski definition) is 1. The van der Waals surface area contributed by atoms with Gasteiger partial charge >= 0.3 is 0 Å². The topological polar surface area (TPSA) is 29.3 Å². The van der Waals surface area contributed by atoms with Crippen molar-refractivity contribution < 1.29 is 4.39 Å². The fraction of sp³-hybridized carbons (Fsp3) is 0.625. The van der Waals surface area contributed by atoms with Crippen molar-refractivity contribution >= 4 is 0 Å². The summed E-state index contributed by atoms with van der Waals surface area (Å²) in [4.78, 5) is 2.27. The molecule has 0 bridgehead atoms. The number of halogens is 1. The number of benzene rings is 1. The molecule has 1 aromatic rings. The quantitative estimate of drug-likeness (QED) is 0.852. The molecular formula is C16H27FN2. The van der Waals surface area contributed by atoms with Crippen molar-refractivity contribution in [3.05, 3.63) is 35.6 Å². The molecule has 108 valence electrons. The van der Waals surface area contributed by atoms with E-state index >= 15 is 0 Å². The summed E-state index contributed by atoms with van der Waals surface area (Å²) in [5.41, 5.74) is 7.24. The van der Waals surface area contributed by atoms with Gasteiger partial charge in [-0.3, -0.25) is 4.90 Å². The van der Waals surface area contributed by atoms with Crippen LogP contribution < -0.4 is 5.73 Å². The van der Waals surface area contributed by atoms with Gasteiger partial charge in [-0.25, -0.2) is 4.39 Å². The lowest BCUT2D eigenvalue weighted by Crippen LogP contribution is -2.44. The molecular weight excluding hydrogens is 239 g/mol. The lowest BCUT2D eigenvalue weighted by molar-refractivity contribution is 0.127. The Morgan fingerprint density at radius 3 is 2.37 bits per heavy atom. The summed E-state index contributed by atoms with van der Waals surface area (Å²) in [6, 6.07) is 7.26. The summed E-state index contributed by atoms with van der Waals surface area (Å²) < 4.78 is 13.5. The molecule has 0 aliphatic heterocycles. The summed E-state index contributed by atoms with van der Waals surface area (Å²) in [6.45, 7) is 8.66. The molecule has 0 radical (unpaired) electrons. The largest absolute Gasteiger partial charge is 0.326 e. The van der Waals surface area contributed by atoms with Gasteiger partial charge in [0.15, 0.2) is 0 Å². The minimum Gasteiger partial charge on any atom is -0.326 e. The van der Waals surface area contributed by atoms with E-state index in [2.05, 4.69) is 39.6 Å². The first-order valence-corrected chi connectivity index (χ1v) is 7.11. The summed E-state index contributed by atoms with van der Waals surface area (Å²) in [7, 11) is 2.08. The van der Waals surface area contributed by atoms with Crippen LogP contribution in [0, 0.1) is 11.7 Å². The first kappa shape index (κ1) is 16.1. The molecule has 0 saturated heterocycles. The Kier molecular flexibility index (Phi) is 5.95. The highest BCUT2D eigenvalue weighted by Gasteiger charge is 2.27. The van der Waals surface area contributed by atoms with E-state index in [0.717, 1.165) is 12.0 Å². The van der Waals surface area contributed by atoms with E-state index < -0.39 is 0 Å². The van der Waals surface area contributed by atoms with Gasteiger partial charge in [0.2, 0.25) is 0 Å². The van der Waals surface area contributed by atoms with E-state index in [1.54, 1.807) is 12.1 Å². The fourth-order valence-corrected chi connectivity index (χ4v) is 2.42. The van der Waals surface area contributed by atoms with Gasteiger partial charge in [-0.05, 0) is 44.0 Å². The van der Waals surface area contributed by atoms with E-state index in [0.29, 0.717) is 12.0 Å². The average molecular weight is 266 g/mol. The number of nitrogens with zero attached hydrogens (tertiary/aromatic N) is 1. The van der Waals surface area contributed by atoms with Gasteiger partial charge in [-0.2, -0.15) is 0 Å². The van der Waals surface area contributed by atoms with Crippen LogP contribution in [0.2, 0.25) is 0 Å². The predicted octanol–water partition coefficient (Wildman–Crippen LogP) is 3.58. The predicted molar refractivity (Wildman–Crippen MR) is 79.5 cm³/mol. The smallest absolute Gasteiger partial charge is 0.123 e. The number of nitrogens with two attached hydrogens (primary N) is 1. The van der Waals surface area contributed by atoms with Crippen molar-refractivity contribution in [3.63, 3.8) is 0 Å². The Morgan fingerprint density at radius 2 is 1.89 bits per heavy atom. The molecule has 2 N–H and O–H groups in total. The van der Waals surface area contributed by atoms with E-state index in [4.69, 9.17) is 5.73 Å². The third-order valence-corrected chi connectivity index (χ3v) is 4.11. The van der Waals surface area contributed by atoms with E-state index in [9.17, 15) is 4.39 Å². The standard InChI is InChI=1S/C16H27FN2/c1-6-15(18)16(19(5)12(4)11(2)3)13-8-7-9-14(17)10-13/h7-12,15-16H,6,18H2,1-5H3. The molecule has 0 saturated carbocycles. The molecule has 3 unspecified atom stereocenters. The average Bonchev–Trinajstić information content (AvgIpc) is 2.37. The lowest BCUT2D eigenvalue weighted by Gasteiger charge is -2.38. The normalized spacial score (nSPS) is 16.7. The van der Waals surface area contributed by atoms with Crippen molar-refractivity contribution in [1.82, 2.24) is 4.90 Å². The van der Waals surface area contributed by atoms with Gasteiger partial charge in [0.25, 0.3) is 0 Å². The van der Waals surface area contributed by atoms with Crippen LogP contribution in [0.5, 0.6) is 0 Å². The third-order valence-electron chi connectivity index (χ3n) is 4.11. The highest BCUT2D eigenvalue weighted by molar-refractivity contribution is 5.22. The fourth-order valence-electron chi connectivity index (χ4n) is 2.42. The maximum Gasteiger partial charge on any atom is 0.123 e. The Labute approximate surface area is 116 Å². The minimum absolute atomic E-state index is 0.00741. The maximum absolute atomic E-state index is 13.5.